The summed E-state index contributed by atoms with van der Waals surface area (Å²) in [5.74, 6) is 0.271. The predicted molar refractivity (Wildman–Crippen MR) is 81.5 cm³/mol. The van der Waals surface area contributed by atoms with Crippen molar-refractivity contribution in [2.75, 3.05) is 6.54 Å². The van der Waals surface area contributed by atoms with E-state index in [1.165, 1.54) is 12.1 Å². The van der Waals surface area contributed by atoms with Crippen LogP contribution in [0, 0.1) is 11.7 Å². The molecule has 0 saturated heterocycles. The second-order valence-corrected chi connectivity index (χ2v) is 5.57. The van der Waals surface area contributed by atoms with Crippen molar-refractivity contribution in [2.45, 2.75) is 25.7 Å². The van der Waals surface area contributed by atoms with Gasteiger partial charge in [0.05, 0.1) is 0 Å². The molecule has 1 heterocycles. The third kappa shape index (κ3) is 3.32. The summed E-state index contributed by atoms with van der Waals surface area (Å²) in [6.45, 7) is 0.611. The largest absolute Gasteiger partial charge is 0.361 e. The number of halogens is 1. The summed E-state index contributed by atoms with van der Waals surface area (Å²) in [5.41, 5.74) is 1.90. The number of carbonyl (C=O) groups excluding carboxylic acids is 1. The second-order valence-electron chi connectivity index (χ2n) is 5.57. The molecule has 2 aromatic rings. The summed E-state index contributed by atoms with van der Waals surface area (Å²) in [6.07, 6.45) is 9.66. The fourth-order valence-corrected chi connectivity index (χ4v) is 2.88. The number of aromatic amines is 1. The van der Waals surface area contributed by atoms with Crippen molar-refractivity contribution in [2.24, 2.45) is 5.92 Å². The number of H-pyrrole nitrogens is 1. The van der Waals surface area contributed by atoms with Crippen LogP contribution in [0.15, 0.2) is 36.5 Å². The number of hydrogen-bond donors (Lipinski definition) is 2. The lowest BCUT2D eigenvalue weighted by Crippen LogP contribution is -2.26. The summed E-state index contributed by atoms with van der Waals surface area (Å²) >= 11 is 0. The first-order valence-electron chi connectivity index (χ1n) is 7.41. The Labute approximate surface area is 123 Å². The van der Waals surface area contributed by atoms with E-state index < -0.39 is 0 Å². The number of hydrogen-bond acceptors (Lipinski definition) is 1. The Kier molecular flexibility index (Phi) is 4.04. The molecular weight excluding hydrogens is 267 g/mol. The van der Waals surface area contributed by atoms with Crippen molar-refractivity contribution in [1.29, 1.82) is 0 Å². The van der Waals surface area contributed by atoms with Crippen molar-refractivity contribution in [1.82, 2.24) is 10.3 Å². The Bertz CT molecular complexity index is 674. The molecule has 110 valence electrons. The van der Waals surface area contributed by atoms with Crippen LogP contribution in [-0.2, 0) is 11.2 Å². The first-order chi connectivity index (χ1) is 10.2. The van der Waals surface area contributed by atoms with Crippen LogP contribution in [0.2, 0.25) is 0 Å². The first-order valence-corrected chi connectivity index (χ1v) is 7.41. The van der Waals surface area contributed by atoms with Gasteiger partial charge < -0.3 is 10.3 Å². The maximum absolute atomic E-state index is 13.1. The zero-order valence-electron chi connectivity index (χ0n) is 11.9. The lowest BCUT2D eigenvalue weighted by molar-refractivity contribution is -0.121. The van der Waals surface area contributed by atoms with Gasteiger partial charge in [0.15, 0.2) is 0 Å². The summed E-state index contributed by atoms with van der Waals surface area (Å²) in [7, 11) is 0. The summed E-state index contributed by atoms with van der Waals surface area (Å²) < 4.78 is 13.1. The Balaban J connectivity index is 1.52. The van der Waals surface area contributed by atoms with Crippen LogP contribution in [0.5, 0.6) is 0 Å². The van der Waals surface area contributed by atoms with Gasteiger partial charge in [-0.05, 0) is 48.9 Å². The van der Waals surface area contributed by atoms with Gasteiger partial charge in [-0.1, -0.05) is 12.2 Å². The lowest BCUT2D eigenvalue weighted by atomic mass is 10.0. The lowest BCUT2D eigenvalue weighted by Gasteiger charge is -2.08. The highest BCUT2D eigenvalue weighted by Gasteiger charge is 2.13. The Morgan fingerprint density at radius 3 is 3.14 bits per heavy atom. The zero-order chi connectivity index (χ0) is 14.7. The predicted octanol–water partition coefficient (Wildman–Crippen LogP) is 3.32. The van der Waals surface area contributed by atoms with Gasteiger partial charge in [-0.15, -0.1) is 0 Å². The minimum Gasteiger partial charge on any atom is -0.361 e. The number of nitrogens with one attached hydrogen (secondary N) is 2. The molecule has 3 nitrogen and oxygen atoms in total. The minimum absolute atomic E-state index is 0.109. The van der Waals surface area contributed by atoms with Crippen molar-refractivity contribution in [3.05, 3.63) is 47.9 Å². The average Bonchev–Trinajstić information content (AvgIpc) is 3.08. The number of aromatic nitrogens is 1. The molecule has 1 amide bonds. The SMILES string of the molecule is O=C(CC1C=CCC1)NCCc1c[nH]c2cc(F)ccc12. The van der Waals surface area contributed by atoms with Crippen LogP contribution in [0.4, 0.5) is 4.39 Å². The molecule has 1 aromatic carbocycles. The molecule has 1 aromatic heterocycles. The maximum Gasteiger partial charge on any atom is 0.220 e. The number of carbonyl (C=O) groups is 1. The number of fused-ring (bicyclic) bond motifs is 1. The summed E-state index contributed by atoms with van der Waals surface area (Å²) in [4.78, 5) is 14.9. The molecule has 1 unspecified atom stereocenters. The van der Waals surface area contributed by atoms with Crippen LogP contribution in [0.25, 0.3) is 10.9 Å². The highest BCUT2D eigenvalue weighted by Crippen LogP contribution is 2.21. The van der Waals surface area contributed by atoms with E-state index in [1.807, 2.05) is 6.20 Å². The molecule has 0 fully saturated rings. The highest BCUT2D eigenvalue weighted by atomic mass is 19.1. The molecule has 0 saturated carbocycles. The van der Waals surface area contributed by atoms with Crippen molar-refractivity contribution in [3.8, 4) is 0 Å². The molecule has 2 N–H and O–H groups in total. The van der Waals surface area contributed by atoms with Gasteiger partial charge in [0.25, 0.3) is 0 Å². The molecule has 21 heavy (non-hydrogen) atoms. The van der Waals surface area contributed by atoms with Gasteiger partial charge in [-0.25, -0.2) is 4.39 Å². The average molecular weight is 286 g/mol. The van der Waals surface area contributed by atoms with Crippen LogP contribution in [-0.4, -0.2) is 17.4 Å². The molecule has 1 atom stereocenters. The Morgan fingerprint density at radius 2 is 2.33 bits per heavy atom. The molecule has 0 spiro atoms. The quantitative estimate of drug-likeness (QED) is 0.814. The smallest absolute Gasteiger partial charge is 0.220 e. The molecule has 0 aliphatic heterocycles. The van der Waals surface area contributed by atoms with Gasteiger partial charge in [-0.3, -0.25) is 4.79 Å². The van der Waals surface area contributed by atoms with Crippen molar-refractivity contribution < 1.29 is 9.18 Å². The standard InChI is InChI=1S/C17H19FN2O/c18-14-5-6-15-13(11-20-16(15)10-14)7-8-19-17(21)9-12-3-1-2-4-12/h1,3,5-6,10-12,20H,2,4,7-9H2,(H,19,21). The third-order valence-corrected chi connectivity index (χ3v) is 4.01. The molecule has 1 aliphatic carbocycles. The monoisotopic (exact) mass is 286 g/mol. The van der Waals surface area contributed by atoms with Crippen molar-refractivity contribution >= 4 is 16.8 Å². The van der Waals surface area contributed by atoms with E-state index in [9.17, 15) is 9.18 Å². The second kappa shape index (κ2) is 6.12. The first kappa shape index (κ1) is 13.9. The molecule has 3 rings (SSSR count). The Hall–Kier alpha value is -2.10. The van der Waals surface area contributed by atoms with Crippen LogP contribution < -0.4 is 5.32 Å². The van der Waals surface area contributed by atoms with Gasteiger partial charge in [0.1, 0.15) is 5.82 Å². The minimum atomic E-state index is -0.242. The fourth-order valence-electron chi connectivity index (χ4n) is 2.88. The number of benzene rings is 1. The fraction of sp³-hybridized carbons (Fsp3) is 0.353. The van der Waals surface area contributed by atoms with E-state index >= 15 is 0 Å². The summed E-state index contributed by atoms with van der Waals surface area (Å²) in [6, 6.07) is 4.73. The maximum atomic E-state index is 13.1. The molecule has 1 aliphatic rings. The van der Waals surface area contributed by atoms with E-state index in [4.69, 9.17) is 0 Å². The molecule has 0 radical (unpaired) electrons. The third-order valence-electron chi connectivity index (χ3n) is 4.01. The van der Waals surface area contributed by atoms with Gasteiger partial charge >= 0.3 is 0 Å². The highest BCUT2D eigenvalue weighted by molar-refractivity contribution is 5.83. The molecule has 0 bridgehead atoms. The van der Waals surface area contributed by atoms with E-state index in [-0.39, 0.29) is 11.7 Å². The van der Waals surface area contributed by atoms with Gasteiger partial charge in [0.2, 0.25) is 5.91 Å². The van der Waals surface area contributed by atoms with Gasteiger partial charge in [-0.2, -0.15) is 0 Å². The van der Waals surface area contributed by atoms with E-state index in [1.54, 1.807) is 6.07 Å². The zero-order valence-corrected chi connectivity index (χ0v) is 11.9. The summed E-state index contributed by atoms with van der Waals surface area (Å²) in [5, 5.41) is 3.98. The van der Waals surface area contributed by atoms with Gasteiger partial charge in [0, 0.05) is 30.1 Å². The van der Waals surface area contributed by atoms with Crippen LogP contribution >= 0.6 is 0 Å². The number of amides is 1. The van der Waals surface area contributed by atoms with E-state index in [2.05, 4.69) is 22.5 Å². The van der Waals surface area contributed by atoms with Crippen LogP contribution in [0.1, 0.15) is 24.8 Å². The van der Waals surface area contributed by atoms with E-state index in [0.717, 1.165) is 35.7 Å². The molecular formula is C17H19FN2O. The number of allylic oxidation sites excluding steroid dienone is 2. The Morgan fingerprint density at radius 1 is 1.43 bits per heavy atom. The van der Waals surface area contributed by atoms with E-state index in [0.29, 0.717) is 18.9 Å². The van der Waals surface area contributed by atoms with Crippen LogP contribution in [0.3, 0.4) is 0 Å². The van der Waals surface area contributed by atoms with Crippen molar-refractivity contribution in [3.63, 3.8) is 0 Å². The number of rotatable bonds is 5. The topological polar surface area (TPSA) is 44.9 Å². The normalized spacial score (nSPS) is 17.5. The molecule has 4 heteroatoms.